The second-order valence-electron chi connectivity index (χ2n) is 8.33. The average molecular weight is 411 g/mol. The van der Waals surface area contributed by atoms with E-state index in [2.05, 4.69) is 11.4 Å². The first kappa shape index (κ1) is 20.6. The van der Waals surface area contributed by atoms with Gasteiger partial charge in [0.2, 0.25) is 0 Å². The first-order valence-electron chi connectivity index (χ1n) is 10.4. The summed E-state index contributed by atoms with van der Waals surface area (Å²) < 4.78 is 0. The van der Waals surface area contributed by atoms with E-state index in [4.69, 9.17) is 0 Å². The zero-order valence-electron chi connectivity index (χ0n) is 18.5. The Morgan fingerprint density at radius 1 is 0.645 bits per heavy atom. The van der Waals surface area contributed by atoms with Gasteiger partial charge in [0.25, 0.3) is 11.8 Å². The zero-order chi connectivity index (χ0) is 22.3. The maximum atomic E-state index is 13.5. The number of imide groups is 1. The van der Waals surface area contributed by atoms with E-state index in [1.807, 2.05) is 89.2 Å². The molecular weight excluding hydrogens is 384 g/mol. The molecule has 2 amide bonds. The SMILES string of the molecule is Cc1ccc(C2=C(Nc3cc(C)cc(C)c3)C(=O)N(c3ccc(C)c(C)c3)C2=O)cc1. The van der Waals surface area contributed by atoms with Crippen molar-refractivity contribution in [3.63, 3.8) is 0 Å². The molecule has 156 valence electrons. The molecule has 0 bridgehead atoms. The third-order valence-corrected chi connectivity index (χ3v) is 5.66. The fourth-order valence-electron chi connectivity index (χ4n) is 3.92. The Morgan fingerprint density at radius 2 is 1.29 bits per heavy atom. The van der Waals surface area contributed by atoms with E-state index in [0.717, 1.165) is 39.1 Å². The molecule has 0 saturated carbocycles. The number of hydrogen-bond donors (Lipinski definition) is 1. The Bertz CT molecular complexity index is 1220. The molecule has 1 aliphatic heterocycles. The van der Waals surface area contributed by atoms with Crippen LogP contribution in [0.4, 0.5) is 11.4 Å². The van der Waals surface area contributed by atoms with Gasteiger partial charge in [-0.1, -0.05) is 42.0 Å². The maximum absolute atomic E-state index is 13.5. The first-order valence-corrected chi connectivity index (χ1v) is 10.4. The van der Waals surface area contributed by atoms with Crippen molar-refractivity contribution in [3.05, 3.63) is 99.7 Å². The van der Waals surface area contributed by atoms with Crippen molar-refractivity contribution >= 4 is 28.8 Å². The largest absolute Gasteiger partial charge is 0.350 e. The van der Waals surface area contributed by atoms with Gasteiger partial charge in [0.05, 0.1) is 11.3 Å². The molecule has 4 rings (SSSR count). The molecular formula is C27H26N2O2. The van der Waals surface area contributed by atoms with Crippen molar-refractivity contribution in [1.82, 2.24) is 0 Å². The molecule has 0 unspecified atom stereocenters. The van der Waals surface area contributed by atoms with E-state index in [0.29, 0.717) is 17.0 Å². The van der Waals surface area contributed by atoms with Crippen LogP contribution in [0.15, 0.2) is 66.4 Å². The van der Waals surface area contributed by atoms with Crippen molar-refractivity contribution in [3.8, 4) is 0 Å². The quantitative estimate of drug-likeness (QED) is 0.568. The van der Waals surface area contributed by atoms with Crippen molar-refractivity contribution in [2.75, 3.05) is 10.2 Å². The molecule has 0 aromatic heterocycles. The first-order chi connectivity index (χ1) is 14.7. The molecule has 0 atom stereocenters. The van der Waals surface area contributed by atoms with Crippen LogP contribution in [0.5, 0.6) is 0 Å². The molecule has 3 aromatic rings. The lowest BCUT2D eigenvalue weighted by Gasteiger charge is -2.17. The molecule has 3 aromatic carbocycles. The topological polar surface area (TPSA) is 49.4 Å². The summed E-state index contributed by atoms with van der Waals surface area (Å²) in [5.41, 5.74) is 8.21. The number of amides is 2. The zero-order valence-corrected chi connectivity index (χ0v) is 18.5. The Kier molecular flexibility index (Phi) is 5.24. The fourth-order valence-corrected chi connectivity index (χ4v) is 3.92. The highest BCUT2D eigenvalue weighted by Crippen LogP contribution is 2.34. The number of carbonyl (C=O) groups is 2. The minimum atomic E-state index is -0.344. The molecule has 0 aliphatic carbocycles. The van der Waals surface area contributed by atoms with Crippen LogP contribution in [-0.2, 0) is 9.59 Å². The molecule has 4 nitrogen and oxygen atoms in total. The molecule has 0 fully saturated rings. The highest BCUT2D eigenvalue weighted by atomic mass is 16.2. The van der Waals surface area contributed by atoms with Gasteiger partial charge in [0, 0.05) is 5.69 Å². The van der Waals surface area contributed by atoms with Crippen LogP contribution in [-0.4, -0.2) is 11.8 Å². The van der Waals surface area contributed by atoms with Crippen LogP contribution >= 0.6 is 0 Å². The second-order valence-corrected chi connectivity index (χ2v) is 8.33. The van der Waals surface area contributed by atoms with E-state index in [1.165, 1.54) is 4.90 Å². The number of aryl methyl sites for hydroxylation is 5. The van der Waals surface area contributed by atoms with Crippen LogP contribution in [0, 0.1) is 34.6 Å². The van der Waals surface area contributed by atoms with Gasteiger partial charge in [-0.05, 0) is 86.7 Å². The van der Waals surface area contributed by atoms with E-state index in [9.17, 15) is 9.59 Å². The summed E-state index contributed by atoms with van der Waals surface area (Å²) in [4.78, 5) is 28.3. The lowest BCUT2D eigenvalue weighted by atomic mass is 10.0. The van der Waals surface area contributed by atoms with Crippen molar-refractivity contribution in [2.45, 2.75) is 34.6 Å². The Balaban J connectivity index is 1.84. The molecule has 0 spiro atoms. The van der Waals surface area contributed by atoms with Gasteiger partial charge in [-0.3, -0.25) is 9.59 Å². The normalized spacial score (nSPS) is 13.9. The Morgan fingerprint density at radius 3 is 1.90 bits per heavy atom. The van der Waals surface area contributed by atoms with Gasteiger partial charge >= 0.3 is 0 Å². The molecule has 1 heterocycles. The minimum absolute atomic E-state index is 0.303. The highest BCUT2D eigenvalue weighted by Gasteiger charge is 2.40. The van der Waals surface area contributed by atoms with Gasteiger partial charge in [0.1, 0.15) is 5.70 Å². The van der Waals surface area contributed by atoms with Gasteiger partial charge in [0.15, 0.2) is 0 Å². The van der Waals surface area contributed by atoms with Crippen molar-refractivity contribution in [2.24, 2.45) is 0 Å². The third-order valence-electron chi connectivity index (χ3n) is 5.66. The lowest BCUT2D eigenvalue weighted by molar-refractivity contribution is -0.120. The average Bonchev–Trinajstić information content (AvgIpc) is 2.94. The number of nitrogens with zero attached hydrogens (tertiary/aromatic N) is 1. The summed E-state index contributed by atoms with van der Waals surface area (Å²) in [6.45, 7) is 10.0. The number of rotatable bonds is 4. The van der Waals surface area contributed by atoms with E-state index >= 15 is 0 Å². The summed E-state index contributed by atoms with van der Waals surface area (Å²) in [5.74, 6) is -0.660. The summed E-state index contributed by atoms with van der Waals surface area (Å²) >= 11 is 0. The second kappa shape index (κ2) is 7.88. The molecule has 1 N–H and O–H groups in total. The highest BCUT2D eigenvalue weighted by molar-refractivity contribution is 6.46. The lowest BCUT2D eigenvalue weighted by Crippen LogP contribution is -2.32. The molecule has 31 heavy (non-hydrogen) atoms. The van der Waals surface area contributed by atoms with Gasteiger partial charge in [-0.15, -0.1) is 0 Å². The standard InChI is InChI=1S/C27H26N2O2/c1-16-6-9-21(10-7-16)24-25(28-22-13-17(2)12-18(3)14-22)27(31)29(26(24)30)23-11-8-19(4)20(5)15-23/h6-15,28H,1-5H3. The molecule has 0 radical (unpaired) electrons. The smallest absolute Gasteiger partial charge is 0.282 e. The third kappa shape index (κ3) is 3.89. The predicted octanol–water partition coefficient (Wildman–Crippen LogP) is 5.63. The molecule has 0 saturated heterocycles. The predicted molar refractivity (Wildman–Crippen MR) is 126 cm³/mol. The Labute approximate surface area is 183 Å². The van der Waals surface area contributed by atoms with Crippen LogP contribution in [0.3, 0.4) is 0 Å². The summed E-state index contributed by atoms with van der Waals surface area (Å²) in [6.07, 6.45) is 0. The maximum Gasteiger partial charge on any atom is 0.282 e. The van der Waals surface area contributed by atoms with Crippen LogP contribution < -0.4 is 10.2 Å². The number of benzene rings is 3. The van der Waals surface area contributed by atoms with Crippen LogP contribution in [0.2, 0.25) is 0 Å². The number of anilines is 2. The van der Waals surface area contributed by atoms with Crippen LogP contribution in [0.25, 0.3) is 5.57 Å². The fraction of sp³-hybridized carbons (Fsp3) is 0.185. The minimum Gasteiger partial charge on any atom is -0.350 e. The van der Waals surface area contributed by atoms with E-state index in [-0.39, 0.29) is 11.8 Å². The molecule has 1 aliphatic rings. The Hall–Kier alpha value is -3.66. The van der Waals surface area contributed by atoms with Gasteiger partial charge in [-0.25, -0.2) is 4.90 Å². The molecule has 4 heteroatoms. The van der Waals surface area contributed by atoms with Crippen molar-refractivity contribution in [1.29, 1.82) is 0 Å². The number of nitrogens with one attached hydrogen (secondary N) is 1. The summed E-state index contributed by atoms with van der Waals surface area (Å²) in [5, 5.41) is 3.26. The van der Waals surface area contributed by atoms with E-state index < -0.39 is 0 Å². The van der Waals surface area contributed by atoms with Gasteiger partial charge < -0.3 is 5.32 Å². The van der Waals surface area contributed by atoms with Crippen LogP contribution in [0.1, 0.15) is 33.4 Å². The van der Waals surface area contributed by atoms with Crippen molar-refractivity contribution < 1.29 is 9.59 Å². The number of carbonyl (C=O) groups excluding carboxylic acids is 2. The van der Waals surface area contributed by atoms with E-state index in [1.54, 1.807) is 0 Å². The summed E-state index contributed by atoms with van der Waals surface area (Å²) in [7, 11) is 0. The monoisotopic (exact) mass is 410 g/mol. The number of hydrogen-bond acceptors (Lipinski definition) is 3. The van der Waals surface area contributed by atoms with Gasteiger partial charge in [-0.2, -0.15) is 0 Å². The summed E-state index contributed by atoms with van der Waals surface area (Å²) in [6, 6.07) is 19.4.